The van der Waals surface area contributed by atoms with Crippen molar-refractivity contribution in [2.24, 2.45) is 4.99 Å². The lowest BCUT2D eigenvalue weighted by Gasteiger charge is -2.10. The van der Waals surface area contributed by atoms with E-state index in [1.54, 1.807) is 0 Å². The van der Waals surface area contributed by atoms with E-state index in [0.717, 1.165) is 12.1 Å². The number of hydrogen-bond acceptors (Lipinski definition) is 3. The molecule has 1 aromatic carbocycles. The molecule has 0 fully saturated rings. The van der Waals surface area contributed by atoms with Crippen molar-refractivity contribution in [2.45, 2.75) is 19.0 Å². The van der Waals surface area contributed by atoms with Crippen LogP contribution in [0.15, 0.2) is 23.2 Å². The van der Waals surface area contributed by atoms with Gasteiger partial charge in [0.15, 0.2) is 0 Å². The minimum atomic E-state index is -4.45. The van der Waals surface area contributed by atoms with Gasteiger partial charge >= 0.3 is 6.18 Å². The predicted molar refractivity (Wildman–Crippen MR) is 59.4 cm³/mol. The normalized spacial score (nSPS) is 11.1. The van der Waals surface area contributed by atoms with Crippen molar-refractivity contribution >= 4 is 11.8 Å². The minimum absolute atomic E-state index is 0.0101. The van der Waals surface area contributed by atoms with Gasteiger partial charge in [0.2, 0.25) is 6.08 Å². The maximum absolute atomic E-state index is 12.5. The fraction of sp³-hybridized carbons (Fsp3) is 0.417. The number of benzene rings is 1. The Labute approximate surface area is 102 Å². The van der Waals surface area contributed by atoms with E-state index in [0.29, 0.717) is 25.0 Å². The van der Waals surface area contributed by atoms with Gasteiger partial charge in [0, 0.05) is 13.7 Å². The van der Waals surface area contributed by atoms with Gasteiger partial charge in [0.1, 0.15) is 0 Å². The van der Waals surface area contributed by atoms with E-state index >= 15 is 0 Å². The summed E-state index contributed by atoms with van der Waals surface area (Å²) in [6.45, 7) is 0.491. The number of carbonyl (C=O) groups excluding carboxylic acids is 1. The van der Waals surface area contributed by atoms with Crippen LogP contribution >= 0.6 is 0 Å². The van der Waals surface area contributed by atoms with Crippen LogP contribution in [-0.4, -0.2) is 19.8 Å². The molecule has 1 rings (SSSR count). The molecule has 0 unspecified atom stereocenters. The maximum atomic E-state index is 12.5. The van der Waals surface area contributed by atoms with Gasteiger partial charge in [-0.1, -0.05) is 6.07 Å². The minimum Gasteiger partial charge on any atom is -0.385 e. The van der Waals surface area contributed by atoms with Gasteiger partial charge in [-0.15, -0.1) is 0 Å². The Morgan fingerprint density at radius 1 is 1.39 bits per heavy atom. The van der Waals surface area contributed by atoms with Crippen LogP contribution in [0.4, 0.5) is 18.9 Å². The highest BCUT2D eigenvalue weighted by Crippen LogP contribution is 2.33. The Balaban J connectivity index is 3.01. The van der Waals surface area contributed by atoms with Crippen LogP contribution in [0.5, 0.6) is 0 Å². The SMILES string of the molecule is COCCCc1ccc(C(F)(F)F)cc1N=C=O. The lowest BCUT2D eigenvalue weighted by Crippen LogP contribution is -2.05. The molecular weight excluding hydrogens is 247 g/mol. The van der Waals surface area contributed by atoms with Crippen molar-refractivity contribution in [2.75, 3.05) is 13.7 Å². The van der Waals surface area contributed by atoms with Gasteiger partial charge < -0.3 is 4.74 Å². The molecule has 0 amide bonds. The van der Waals surface area contributed by atoms with E-state index in [2.05, 4.69) is 4.99 Å². The van der Waals surface area contributed by atoms with Crippen molar-refractivity contribution < 1.29 is 22.7 Å². The molecule has 0 radical (unpaired) electrons. The molecule has 3 nitrogen and oxygen atoms in total. The lowest BCUT2D eigenvalue weighted by atomic mass is 10.0. The highest BCUT2D eigenvalue weighted by atomic mass is 19.4. The number of methoxy groups -OCH3 is 1. The van der Waals surface area contributed by atoms with E-state index in [-0.39, 0.29) is 5.69 Å². The van der Waals surface area contributed by atoms with Crippen LogP contribution in [0, 0.1) is 0 Å². The largest absolute Gasteiger partial charge is 0.416 e. The topological polar surface area (TPSA) is 38.7 Å². The van der Waals surface area contributed by atoms with Crippen molar-refractivity contribution in [1.82, 2.24) is 0 Å². The molecule has 0 atom stereocenters. The first kappa shape index (κ1) is 14.4. The molecule has 1 aromatic rings. The van der Waals surface area contributed by atoms with E-state index in [1.165, 1.54) is 19.3 Å². The zero-order valence-electron chi connectivity index (χ0n) is 9.75. The van der Waals surface area contributed by atoms with E-state index in [4.69, 9.17) is 4.74 Å². The Bertz CT molecular complexity index is 451. The summed E-state index contributed by atoms with van der Waals surface area (Å²) in [5.74, 6) is 0. The molecule has 18 heavy (non-hydrogen) atoms. The van der Waals surface area contributed by atoms with Crippen LogP contribution in [0.1, 0.15) is 17.5 Å². The van der Waals surface area contributed by atoms with Crippen molar-refractivity contribution in [3.05, 3.63) is 29.3 Å². The summed E-state index contributed by atoms with van der Waals surface area (Å²) < 4.78 is 42.3. The van der Waals surface area contributed by atoms with Crippen LogP contribution in [0.25, 0.3) is 0 Å². The zero-order valence-corrected chi connectivity index (χ0v) is 9.75. The third-order valence-electron chi connectivity index (χ3n) is 2.37. The second-order valence-electron chi connectivity index (χ2n) is 3.64. The standard InChI is InChI=1S/C12H12F3NO2/c1-18-6-2-3-9-4-5-10(12(13,14)15)7-11(9)16-8-17/h4-5,7H,2-3,6H2,1H3. The lowest BCUT2D eigenvalue weighted by molar-refractivity contribution is -0.137. The summed E-state index contributed by atoms with van der Waals surface area (Å²) >= 11 is 0. The van der Waals surface area contributed by atoms with Gasteiger partial charge in [-0.2, -0.15) is 18.2 Å². The smallest absolute Gasteiger partial charge is 0.385 e. The summed E-state index contributed by atoms with van der Waals surface area (Å²) in [4.78, 5) is 13.5. The first-order valence-electron chi connectivity index (χ1n) is 5.26. The van der Waals surface area contributed by atoms with Crippen LogP contribution in [0.2, 0.25) is 0 Å². The number of isocyanates is 1. The Hall–Kier alpha value is -1.65. The number of nitrogens with zero attached hydrogens (tertiary/aromatic N) is 1. The van der Waals surface area contributed by atoms with E-state index in [1.807, 2.05) is 0 Å². The van der Waals surface area contributed by atoms with Gasteiger partial charge in [0.25, 0.3) is 0 Å². The second-order valence-corrected chi connectivity index (χ2v) is 3.64. The summed E-state index contributed by atoms with van der Waals surface area (Å²) in [6.07, 6.45) is -2.04. The summed E-state index contributed by atoms with van der Waals surface area (Å²) in [6, 6.07) is 3.16. The average molecular weight is 259 g/mol. The maximum Gasteiger partial charge on any atom is 0.416 e. The fourth-order valence-electron chi connectivity index (χ4n) is 1.51. The fourth-order valence-corrected chi connectivity index (χ4v) is 1.51. The van der Waals surface area contributed by atoms with Gasteiger partial charge in [0.05, 0.1) is 11.3 Å². The van der Waals surface area contributed by atoms with E-state index < -0.39 is 11.7 Å². The number of alkyl halides is 3. The molecule has 98 valence electrons. The molecule has 0 heterocycles. The third-order valence-corrected chi connectivity index (χ3v) is 2.37. The van der Waals surface area contributed by atoms with Crippen molar-refractivity contribution in [1.29, 1.82) is 0 Å². The number of aliphatic imine (C=N–C) groups is 1. The van der Waals surface area contributed by atoms with Crippen LogP contribution in [-0.2, 0) is 22.1 Å². The first-order valence-corrected chi connectivity index (χ1v) is 5.26. The van der Waals surface area contributed by atoms with Crippen LogP contribution in [0.3, 0.4) is 0 Å². The molecule has 6 heteroatoms. The number of ether oxygens (including phenoxy) is 1. The Kier molecular flexibility index (Phi) is 5.07. The number of halogens is 3. The highest BCUT2D eigenvalue weighted by molar-refractivity contribution is 5.55. The molecule has 0 aliphatic rings. The monoisotopic (exact) mass is 259 g/mol. The van der Waals surface area contributed by atoms with Gasteiger partial charge in [-0.25, -0.2) is 4.79 Å². The van der Waals surface area contributed by atoms with Gasteiger partial charge in [-0.3, -0.25) is 0 Å². The second kappa shape index (κ2) is 6.33. The van der Waals surface area contributed by atoms with Gasteiger partial charge in [-0.05, 0) is 30.5 Å². The molecular formula is C12H12F3NO2. The summed E-state index contributed by atoms with van der Waals surface area (Å²) in [5, 5.41) is 0. The summed E-state index contributed by atoms with van der Waals surface area (Å²) in [7, 11) is 1.54. The van der Waals surface area contributed by atoms with E-state index in [9.17, 15) is 18.0 Å². The molecule has 0 saturated carbocycles. The summed E-state index contributed by atoms with van der Waals surface area (Å²) in [5.41, 5.74) is -0.244. The molecule has 0 bridgehead atoms. The number of rotatable bonds is 5. The van der Waals surface area contributed by atoms with Crippen LogP contribution < -0.4 is 0 Å². The predicted octanol–water partition coefficient (Wildman–Crippen LogP) is 3.25. The zero-order chi connectivity index (χ0) is 13.6. The highest BCUT2D eigenvalue weighted by Gasteiger charge is 2.30. The Morgan fingerprint density at radius 2 is 2.11 bits per heavy atom. The van der Waals surface area contributed by atoms with Crippen molar-refractivity contribution in [3.63, 3.8) is 0 Å². The molecule has 0 spiro atoms. The molecule has 0 aromatic heterocycles. The number of aryl methyl sites for hydroxylation is 1. The quantitative estimate of drug-likeness (QED) is 0.462. The molecule has 0 aliphatic heterocycles. The molecule has 0 N–H and O–H groups in total. The molecule has 0 saturated heterocycles. The van der Waals surface area contributed by atoms with Crippen molar-refractivity contribution in [3.8, 4) is 0 Å². The Morgan fingerprint density at radius 3 is 2.67 bits per heavy atom. The number of hydrogen-bond donors (Lipinski definition) is 0. The third kappa shape index (κ3) is 3.98. The first-order chi connectivity index (χ1) is 8.49. The molecule has 0 aliphatic carbocycles. The average Bonchev–Trinajstić information content (AvgIpc) is 2.30.